The van der Waals surface area contributed by atoms with Gasteiger partial charge in [0.25, 0.3) is 0 Å². The molecule has 0 unspecified atom stereocenters. The Hall–Kier alpha value is -2.69. The van der Waals surface area contributed by atoms with Gasteiger partial charge >= 0.3 is 0 Å². The highest BCUT2D eigenvalue weighted by Gasteiger charge is 2.07. The maximum absolute atomic E-state index is 4.52. The Morgan fingerprint density at radius 2 is 1.60 bits per heavy atom. The fraction of sp³-hybridized carbons (Fsp3) is 0.133. The van der Waals surface area contributed by atoms with Crippen LogP contribution in [0.5, 0.6) is 0 Å². The smallest absolute Gasteiger partial charge is 0.181 e. The van der Waals surface area contributed by atoms with Crippen molar-refractivity contribution in [2.45, 2.75) is 0 Å². The van der Waals surface area contributed by atoms with Crippen LogP contribution < -0.4 is 4.90 Å². The van der Waals surface area contributed by atoms with Crippen LogP contribution in [0.4, 0.5) is 5.69 Å². The number of rotatable bonds is 3. The quantitative estimate of drug-likeness (QED) is 0.790. The molecule has 3 rings (SSSR count). The number of nitrogens with zero attached hydrogens (tertiary/aromatic N) is 4. The molecule has 0 aliphatic carbocycles. The van der Waals surface area contributed by atoms with Crippen LogP contribution in [0.3, 0.4) is 0 Å². The van der Waals surface area contributed by atoms with Crippen LogP contribution in [0.25, 0.3) is 22.8 Å². The van der Waals surface area contributed by atoms with Gasteiger partial charge in [-0.1, -0.05) is 0 Å². The number of pyridine rings is 1. The molecule has 0 spiro atoms. The first-order valence-corrected chi connectivity index (χ1v) is 6.34. The van der Waals surface area contributed by atoms with E-state index in [1.54, 1.807) is 12.4 Å². The lowest BCUT2D eigenvalue weighted by molar-refractivity contribution is 1.10. The summed E-state index contributed by atoms with van der Waals surface area (Å²) in [4.78, 5) is 10.6. The second kappa shape index (κ2) is 5.13. The van der Waals surface area contributed by atoms with E-state index in [0.29, 0.717) is 5.82 Å². The molecule has 0 saturated carbocycles. The molecule has 0 amide bonds. The average molecular weight is 265 g/mol. The van der Waals surface area contributed by atoms with Gasteiger partial charge in [0.2, 0.25) is 0 Å². The Bertz CT molecular complexity index is 686. The summed E-state index contributed by atoms with van der Waals surface area (Å²) in [6.45, 7) is 0. The van der Waals surface area contributed by atoms with Crippen molar-refractivity contribution < 1.29 is 0 Å². The maximum Gasteiger partial charge on any atom is 0.181 e. The first-order chi connectivity index (χ1) is 9.74. The van der Waals surface area contributed by atoms with Gasteiger partial charge in [-0.2, -0.15) is 5.10 Å². The number of benzene rings is 1. The third-order valence-electron chi connectivity index (χ3n) is 3.08. The zero-order valence-electron chi connectivity index (χ0n) is 11.4. The van der Waals surface area contributed by atoms with Crippen molar-refractivity contribution in [3.63, 3.8) is 0 Å². The molecular formula is C15H15N5. The number of H-pyrrole nitrogens is 1. The van der Waals surface area contributed by atoms with E-state index in [2.05, 4.69) is 37.2 Å². The van der Waals surface area contributed by atoms with Crippen LogP contribution in [0.1, 0.15) is 0 Å². The van der Waals surface area contributed by atoms with Crippen molar-refractivity contribution in [2.75, 3.05) is 19.0 Å². The minimum absolute atomic E-state index is 0.696. The molecule has 0 saturated heterocycles. The van der Waals surface area contributed by atoms with Gasteiger partial charge in [0, 0.05) is 43.3 Å². The molecule has 1 aromatic carbocycles. The summed E-state index contributed by atoms with van der Waals surface area (Å²) in [5.74, 6) is 1.45. The minimum atomic E-state index is 0.696. The van der Waals surface area contributed by atoms with Crippen molar-refractivity contribution in [3.05, 3.63) is 48.8 Å². The Morgan fingerprint density at radius 1 is 0.900 bits per heavy atom. The van der Waals surface area contributed by atoms with E-state index in [1.165, 1.54) is 0 Å². The summed E-state index contributed by atoms with van der Waals surface area (Å²) in [6, 6.07) is 12.0. The van der Waals surface area contributed by atoms with Crippen LogP contribution in [0.15, 0.2) is 48.8 Å². The molecule has 20 heavy (non-hydrogen) atoms. The second-order valence-corrected chi connectivity index (χ2v) is 4.68. The average Bonchev–Trinajstić information content (AvgIpc) is 2.98. The lowest BCUT2D eigenvalue weighted by Crippen LogP contribution is -2.07. The van der Waals surface area contributed by atoms with Gasteiger partial charge in [-0.3, -0.25) is 10.1 Å². The molecule has 5 nitrogen and oxygen atoms in total. The number of anilines is 1. The highest BCUT2D eigenvalue weighted by Crippen LogP contribution is 2.21. The molecule has 1 N–H and O–H groups in total. The zero-order valence-corrected chi connectivity index (χ0v) is 11.4. The van der Waals surface area contributed by atoms with Gasteiger partial charge in [-0.05, 0) is 36.4 Å². The van der Waals surface area contributed by atoms with Gasteiger partial charge in [0.15, 0.2) is 11.6 Å². The van der Waals surface area contributed by atoms with E-state index in [-0.39, 0.29) is 0 Å². The summed E-state index contributed by atoms with van der Waals surface area (Å²) < 4.78 is 0. The minimum Gasteiger partial charge on any atom is -0.378 e. The van der Waals surface area contributed by atoms with E-state index < -0.39 is 0 Å². The van der Waals surface area contributed by atoms with E-state index in [0.717, 1.165) is 22.6 Å². The highest BCUT2D eigenvalue weighted by atomic mass is 15.2. The molecule has 5 heteroatoms. The van der Waals surface area contributed by atoms with Gasteiger partial charge in [-0.15, -0.1) is 0 Å². The molecule has 0 aliphatic heterocycles. The Kier molecular flexibility index (Phi) is 3.16. The Morgan fingerprint density at radius 3 is 2.25 bits per heavy atom. The van der Waals surface area contributed by atoms with Crippen molar-refractivity contribution >= 4 is 5.69 Å². The zero-order chi connectivity index (χ0) is 13.9. The molecule has 3 aromatic rings. The first-order valence-electron chi connectivity index (χ1n) is 6.34. The molecular weight excluding hydrogens is 250 g/mol. The van der Waals surface area contributed by atoms with Crippen LogP contribution in [-0.4, -0.2) is 34.3 Å². The van der Waals surface area contributed by atoms with Crippen LogP contribution in [0.2, 0.25) is 0 Å². The molecule has 100 valence electrons. The number of hydrogen-bond donors (Lipinski definition) is 1. The number of hydrogen-bond acceptors (Lipinski definition) is 4. The lowest BCUT2D eigenvalue weighted by Gasteiger charge is -2.11. The third-order valence-corrected chi connectivity index (χ3v) is 3.08. The monoisotopic (exact) mass is 265 g/mol. The summed E-state index contributed by atoms with van der Waals surface area (Å²) >= 11 is 0. The summed E-state index contributed by atoms with van der Waals surface area (Å²) in [7, 11) is 4.03. The summed E-state index contributed by atoms with van der Waals surface area (Å²) in [6.07, 6.45) is 3.48. The van der Waals surface area contributed by atoms with E-state index in [1.807, 2.05) is 38.4 Å². The molecule has 2 aromatic heterocycles. The lowest BCUT2D eigenvalue weighted by atomic mass is 10.2. The van der Waals surface area contributed by atoms with Crippen LogP contribution in [0, 0.1) is 0 Å². The van der Waals surface area contributed by atoms with Gasteiger partial charge in [0.05, 0.1) is 0 Å². The van der Waals surface area contributed by atoms with Gasteiger partial charge < -0.3 is 4.90 Å². The van der Waals surface area contributed by atoms with Crippen LogP contribution >= 0.6 is 0 Å². The van der Waals surface area contributed by atoms with Gasteiger partial charge in [0.1, 0.15) is 0 Å². The fourth-order valence-electron chi connectivity index (χ4n) is 1.94. The Labute approximate surface area is 117 Å². The fourth-order valence-corrected chi connectivity index (χ4v) is 1.94. The SMILES string of the molecule is CN(C)c1ccc(-c2n[nH]c(-c3ccncc3)n2)cc1. The molecule has 0 aliphatic rings. The molecule has 2 heterocycles. The predicted molar refractivity (Wildman–Crippen MR) is 79.4 cm³/mol. The molecule has 0 bridgehead atoms. The molecule has 0 radical (unpaired) electrons. The highest BCUT2D eigenvalue weighted by molar-refractivity contribution is 5.63. The third kappa shape index (κ3) is 2.38. The second-order valence-electron chi connectivity index (χ2n) is 4.68. The normalized spacial score (nSPS) is 10.5. The van der Waals surface area contributed by atoms with E-state index in [4.69, 9.17) is 0 Å². The van der Waals surface area contributed by atoms with Crippen molar-refractivity contribution in [3.8, 4) is 22.8 Å². The standard InChI is InChI=1S/C15H15N5/c1-20(2)13-5-3-11(4-6-13)14-17-15(19-18-14)12-7-9-16-10-8-12/h3-10H,1-2H3,(H,17,18,19). The number of nitrogens with one attached hydrogen (secondary N) is 1. The predicted octanol–water partition coefficient (Wildman–Crippen LogP) is 2.60. The number of aromatic amines is 1. The summed E-state index contributed by atoms with van der Waals surface area (Å²) in [5, 5.41) is 7.23. The Balaban J connectivity index is 1.90. The first kappa shape index (κ1) is 12.3. The summed E-state index contributed by atoms with van der Waals surface area (Å²) in [5.41, 5.74) is 3.12. The molecule has 0 atom stereocenters. The van der Waals surface area contributed by atoms with Crippen LogP contribution in [-0.2, 0) is 0 Å². The van der Waals surface area contributed by atoms with E-state index >= 15 is 0 Å². The topological polar surface area (TPSA) is 57.7 Å². The largest absolute Gasteiger partial charge is 0.378 e. The van der Waals surface area contributed by atoms with E-state index in [9.17, 15) is 0 Å². The number of aromatic nitrogens is 4. The van der Waals surface area contributed by atoms with Crippen molar-refractivity contribution in [1.82, 2.24) is 20.2 Å². The van der Waals surface area contributed by atoms with Crippen molar-refractivity contribution in [2.24, 2.45) is 0 Å². The van der Waals surface area contributed by atoms with Crippen molar-refractivity contribution in [1.29, 1.82) is 0 Å². The maximum atomic E-state index is 4.52. The molecule has 0 fully saturated rings. The van der Waals surface area contributed by atoms with Gasteiger partial charge in [-0.25, -0.2) is 4.98 Å².